The molecule has 1 aromatic heterocycles. The lowest BCUT2D eigenvalue weighted by molar-refractivity contribution is -0.121. The lowest BCUT2D eigenvalue weighted by Gasteiger charge is -2.21. The second kappa shape index (κ2) is 10.6. The number of hydrogen-bond donors (Lipinski definition) is 3. The monoisotopic (exact) mass is 387 g/mol. The summed E-state index contributed by atoms with van der Waals surface area (Å²) in [5.74, 6) is 0.108. The number of aromatic amines is 1. The Balaban J connectivity index is 2.06. The van der Waals surface area contributed by atoms with Crippen molar-refractivity contribution in [2.45, 2.75) is 52.6 Å². The smallest absolute Gasteiger partial charge is 0.321 e. The van der Waals surface area contributed by atoms with Gasteiger partial charge in [-0.2, -0.15) is 0 Å². The summed E-state index contributed by atoms with van der Waals surface area (Å²) in [6, 6.07) is 6.64. The van der Waals surface area contributed by atoms with Gasteiger partial charge in [-0.25, -0.2) is 9.78 Å². The minimum Gasteiger partial charge on any atom is -0.335 e. The fourth-order valence-electron chi connectivity index (χ4n) is 2.75. The molecule has 0 spiro atoms. The van der Waals surface area contributed by atoms with Gasteiger partial charge in [-0.15, -0.1) is 0 Å². The van der Waals surface area contributed by atoms with Crippen molar-refractivity contribution in [2.75, 3.05) is 13.1 Å². The molecule has 8 nitrogen and oxygen atoms in total. The van der Waals surface area contributed by atoms with E-state index in [1.807, 2.05) is 24.8 Å². The van der Waals surface area contributed by atoms with Crippen molar-refractivity contribution in [3.8, 4) is 0 Å². The molecule has 0 fully saturated rings. The molecule has 1 aromatic carbocycles. The molecule has 3 amide bonds. The predicted octanol–water partition coefficient (Wildman–Crippen LogP) is 2.15. The zero-order valence-electron chi connectivity index (χ0n) is 16.7. The number of imide groups is 1. The van der Waals surface area contributed by atoms with Gasteiger partial charge in [-0.1, -0.05) is 32.4 Å². The number of amides is 3. The number of para-hydroxylation sites is 1. The number of benzene rings is 1. The van der Waals surface area contributed by atoms with Crippen molar-refractivity contribution in [1.29, 1.82) is 0 Å². The Morgan fingerprint density at radius 2 is 2.00 bits per heavy atom. The van der Waals surface area contributed by atoms with Crippen LogP contribution < -0.4 is 16.2 Å². The summed E-state index contributed by atoms with van der Waals surface area (Å²) >= 11 is 0. The van der Waals surface area contributed by atoms with Gasteiger partial charge in [0.05, 0.1) is 24.0 Å². The summed E-state index contributed by atoms with van der Waals surface area (Å²) in [6.45, 7) is 6.92. The number of carbonyl (C=O) groups excluding carboxylic acids is 2. The molecule has 0 saturated carbocycles. The molecule has 28 heavy (non-hydrogen) atoms. The van der Waals surface area contributed by atoms with Gasteiger partial charge in [0.1, 0.15) is 5.82 Å². The SMILES string of the molecule is CCCCN(CC(=O)NC(=O)N[C@@H](C)CC)Cc1nc2ccccc2c(=O)[nH]1. The summed E-state index contributed by atoms with van der Waals surface area (Å²) in [5, 5.41) is 5.59. The van der Waals surface area contributed by atoms with Gasteiger partial charge < -0.3 is 10.3 Å². The fourth-order valence-corrected chi connectivity index (χ4v) is 2.75. The van der Waals surface area contributed by atoms with Crippen LogP contribution in [0.4, 0.5) is 4.79 Å². The van der Waals surface area contributed by atoms with Crippen molar-refractivity contribution >= 4 is 22.8 Å². The lowest BCUT2D eigenvalue weighted by atomic mass is 10.2. The standard InChI is InChI=1S/C20H29N5O3/c1-4-6-11-25(13-18(26)24-20(28)21-14(3)5-2)12-17-22-16-10-8-7-9-15(16)19(27)23-17/h7-10,14H,4-6,11-13H2,1-3H3,(H,22,23,27)(H2,21,24,26,28)/t14-/m0/s1. The van der Waals surface area contributed by atoms with Crippen molar-refractivity contribution in [2.24, 2.45) is 0 Å². The lowest BCUT2D eigenvalue weighted by Crippen LogP contribution is -2.47. The van der Waals surface area contributed by atoms with E-state index in [2.05, 4.69) is 27.5 Å². The number of carbonyl (C=O) groups is 2. The van der Waals surface area contributed by atoms with E-state index < -0.39 is 6.03 Å². The second-order valence-corrected chi connectivity index (χ2v) is 6.92. The minimum absolute atomic E-state index is 0.00382. The highest BCUT2D eigenvalue weighted by molar-refractivity contribution is 5.95. The number of nitrogens with zero attached hydrogens (tertiary/aromatic N) is 2. The fraction of sp³-hybridized carbons (Fsp3) is 0.500. The number of rotatable bonds is 9. The maximum Gasteiger partial charge on any atom is 0.321 e. The maximum atomic E-state index is 12.3. The normalized spacial score (nSPS) is 12.1. The molecular formula is C20H29N5O3. The molecule has 0 radical (unpaired) electrons. The van der Waals surface area contributed by atoms with Crippen LogP contribution in [0.5, 0.6) is 0 Å². The molecule has 3 N–H and O–H groups in total. The molecule has 8 heteroatoms. The Kier molecular flexibility index (Phi) is 8.13. The summed E-state index contributed by atoms with van der Waals surface area (Å²) < 4.78 is 0. The average Bonchev–Trinajstić information content (AvgIpc) is 2.65. The number of unbranched alkanes of at least 4 members (excludes halogenated alkanes) is 1. The molecular weight excluding hydrogens is 358 g/mol. The van der Waals surface area contributed by atoms with E-state index in [9.17, 15) is 14.4 Å². The first-order valence-electron chi connectivity index (χ1n) is 9.73. The predicted molar refractivity (Wildman–Crippen MR) is 109 cm³/mol. The van der Waals surface area contributed by atoms with Gasteiger partial charge in [-0.05, 0) is 38.4 Å². The Morgan fingerprint density at radius 3 is 2.71 bits per heavy atom. The van der Waals surface area contributed by atoms with Crippen molar-refractivity contribution < 1.29 is 9.59 Å². The van der Waals surface area contributed by atoms with Gasteiger partial charge >= 0.3 is 6.03 Å². The molecule has 0 saturated heterocycles. The van der Waals surface area contributed by atoms with Gasteiger partial charge in [0, 0.05) is 6.04 Å². The van der Waals surface area contributed by atoms with E-state index in [0.29, 0.717) is 29.8 Å². The Bertz CT molecular complexity index is 864. The van der Waals surface area contributed by atoms with Gasteiger partial charge in [0.2, 0.25) is 5.91 Å². The summed E-state index contributed by atoms with van der Waals surface area (Å²) in [5.41, 5.74) is 0.419. The summed E-state index contributed by atoms with van der Waals surface area (Å²) in [4.78, 5) is 45.5. The van der Waals surface area contributed by atoms with Crippen LogP contribution in [0.3, 0.4) is 0 Å². The van der Waals surface area contributed by atoms with Crippen LogP contribution in [0.15, 0.2) is 29.1 Å². The van der Waals surface area contributed by atoms with Crippen LogP contribution in [0.2, 0.25) is 0 Å². The highest BCUT2D eigenvalue weighted by Gasteiger charge is 2.16. The first-order valence-corrected chi connectivity index (χ1v) is 9.73. The van der Waals surface area contributed by atoms with Gasteiger partial charge in [0.15, 0.2) is 0 Å². The molecule has 1 heterocycles. The number of urea groups is 1. The zero-order valence-corrected chi connectivity index (χ0v) is 16.7. The third-order valence-electron chi connectivity index (χ3n) is 4.47. The highest BCUT2D eigenvalue weighted by atomic mass is 16.2. The molecule has 0 aliphatic rings. The first-order chi connectivity index (χ1) is 13.4. The van der Waals surface area contributed by atoms with Crippen molar-refractivity contribution in [3.63, 3.8) is 0 Å². The number of nitrogens with one attached hydrogen (secondary N) is 3. The largest absolute Gasteiger partial charge is 0.335 e. The Morgan fingerprint density at radius 1 is 1.25 bits per heavy atom. The average molecular weight is 387 g/mol. The first kappa shape index (κ1) is 21.6. The van der Waals surface area contributed by atoms with Crippen LogP contribution in [-0.4, -0.2) is 45.9 Å². The van der Waals surface area contributed by atoms with E-state index in [1.54, 1.807) is 18.2 Å². The van der Waals surface area contributed by atoms with Gasteiger partial charge in [-0.3, -0.25) is 19.8 Å². The Hall–Kier alpha value is -2.74. The number of fused-ring (bicyclic) bond motifs is 1. The molecule has 0 unspecified atom stereocenters. The third-order valence-corrected chi connectivity index (χ3v) is 4.47. The molecule has 2 aromatic rings. The zero-order chi connectivity index (χ0) is 20.5. The number of hydrogen-bond acceptors (Lipinski definition) is 5. The van der Waals surface area contributed by atoms with Crippen LogP contribution in [-0.2, 0) is 11.3 Å². The van der Waals surface area contributed by atoms with Gasteiger partial charge in [0.25, 0.3) is 5.56 Å². The second-order valence-electron chi connectivity index (χ2n) is 6.92. The molecule has 0 aliphatic heterocycles. The molecule has 0 bridgehead atoms. The van der Waals surface area contributed by atoms with E-state index in [4.69, 9.17) is 0 Å². The Labute approximate surface area is 164 Å². The molecule has 152 valence electrons. The van der Waals surface area contributed by atoms with Crippen LogP contribution in [0.1, 0.15) is 45.9 Å². The van der Waals surface area contributed by atoms with Crippen LogP contribution in [0.25, 0.3) is 10.9 Å². The minimum atomic E-state index is -0.493. The number of H-pyrrole nitrogens is 1. The third kappa shape index (κ3) is 6.45. The summed E-state index contributed by atoms with van der Waals surface area (Å²) in [7, 11) is 0. The topological polar surface area (TPSA) is 107 Å². The number of aromatic nitrogens is 2. The van der Waals surface area contributed by atoms with E-state index in [-0.39, 0.29) is 24.1 Å². The van der Waals surface area contributed by atoms with Crippen LogP contribution in [0, 0.1) is 0 Å². The highest BCUT2D eigenvalue weighted by Crippen LogP contribution is 2.08. The van der Waals surface area contributed by atoms with Crippen LogP contribution >= 0.6 is 0 Å². The quantitative estimate of drug-likeness (QED) is 0.611. The van der Waals surface area contributed by atoms with E-state index in [1.165, 1.54) is 0 Å². The molecule has 2 rings (SSSR count). The summed E-state index contributed by atoms with van der Waals surface area (Å²) in [6.07, 6.45) is 2.64. The molecule has 0 aliphatic carbocycles. The van der Waals surface area contributed by atoms with Crippen molar-refractivity contribution in [3.05, 3.63) is 40.4 Å². The van der Waals surface area contributed by atoms with Crippen molar-refractivity contribution in [1.82, 2.24) is 25.5 Å². The maximum absolute atomic E-state index is 12.3. The molecule has 1 atom stereocenters. The van der Waals surface area contributed by atoms with E-state index in [0.717, 1.165) is 19.3 Å². The van der Waals surface area contributed by atoms with E-state index >= 15 is 0 Å².